The lowest BCUT2D eigenvalue weighted by Gasteiger charge is -2.11. The van der Waals surface area contributed by atoms with Gasteiger partial charge < -0.3 is 5.11 Å². The summed E-state index contributed by atoms with van der Waals surface area (Å²) in [6.45, 7) is 1.53. The topological polar surface area (TPSA) is 101 Å². The van der Waals surface area contributed by atoms with Crippen molar-refractivity contribution in [3.05, 3.63) is 28.3 Å². The van der Waals surface area contributed by atoms with Crippen molar-refractivity contribution in [2.75, 3.05) is 18.6 Å². The molecule has 0 aliphatic heterocycles. The molecule has 0 fully saturated rings. The molecule has 2 N–H and O–H groups in total. The molecule has 9 heteroatoms. The molecular formula is C12H16ClNO5S2. The summed E-state index contributed by atoms with van der Waals surface area (Å²) in [6.07, 6.45) is 1.96. The van der Waals surface area contributed by atoms with Gasteiger partial charge in [0.2, 0.25) is 10.0 Å². The van der Waals surface area contributed by atoms with Crippen molar-refractivity contribution in [3.8, 4) is 0 Å². The van der Waals surface area contributed by atoms with E-state index in [2.05, 4.69) is 4.72 Å². The van der Waals surface area contributed by atoms with E-state index in [1.54, 1.807) is 0 Å². The third-order valence-electron chi connectivity index (χ3n) is 2.75. The van der Waals surface area contributed by atoms with Gasteiger partial charge in [-0.05, 0) is 31.0 Å². The normalized spacial score (nSPS) is 13.1. The summed E-state index contributed by atoms with van der Waals surface area (Å²) >= 11 is 5.78. The molecule has 0 heterocycles. The third-order valence-corrected chi connectivity index (χ3v) is 5.41. The van der Waals surface area contributed by atoms with Gasteiger partial charge in [-0.15, -0.1) is 0 Å². The van der Waals surface area contributed by atoms with Crippen LogP contribution in [-0.2, 0) is 20.8 Å². The molecule has 1 aromatic rings. The maximum atomic E-state index is 12.2. The summed E-state index contributed by atoms with van der Waals surface area (Å²) in [7, 11) is -4.85. The summed E-state index contributed by atoms with van der Waals surface area (Å²) < 4.78 is 37.6. The van der Waals surface area contributed by atoms with E-state index in [4.69, 9.17) is 16.7 Å². The van der Waals surface area contributed by atoms with E-state index in [1.165, 1.54) is 25.3 Å². The van der Waals surface area contributed by atoms with E-state index in [0.717, 1.165) is 0 Å². The fraction of sp³-hybridized carbons (Fsp3) is 0.417. The molecule has 6 nitrogen and oxygen atoms in total. The minimum atomic E-state index is -3.86. The predicted octanol–water partition coefficient (Wildman–Crippen LogP) is 1.39. The molecule has 0 aromatic heterocycles. The van der Waals surface area contributed by atoms with Gasteiger partial charge in [-0.2, -0.15) is 0 Å². The van der Waals surface area contributed by atoms with Crippen molar-refractivity contribution >= 4 is 38.4 Å². The minimum absolute atomic E-state index is 0.0352. The molecule has 0 radical (unpaired) electrons. The number of rotatable bonds is 7. The number of carboxylic acid groups (broad SMARTS) is 1. The van der Waals surface area contributed by atoms with E-state index < -0.39 is 26.8 Å². The second kappa shape index (κ2) is 7.35. The average Bonchev–Trinajstić information content (AvgIpc) is 2.36. The molecule has 0 saturated heterocycles. The van der Waals surface area contributed by atoms with Crippen LogP contribution in [0.25, 0.3) is 0 Å². The highest BCUT2D eigenvalue weighted by Gasteiger charge is 2.21. The lowest BCUT2D eigenvalue weighted by Crippen LogP contribution is -2.27. The molecule has 118 valence electrons. The highest BCUT2D eigenvalue weighted by Crippen LogP contribution is 2.24. The highest BCUT2D eigenvalue weighted by molar-refractivity contribution is 7.89. The van der Waals surface area contributed by atoms with Crippen LogP contribution >= 0.6 is 11.6 Å². The molecule has 21 heavy (non-hydrogen) atoms. The van der Waals surface area contributed by atoms with Crippen molar-refractivity contribution < 1.29 is 22.5 Å². The van der Waals surface area contributed by atoms with Crippen LogP contribution in [0.5, 0.6) is 0 Å². The zero-order valence-electron chi connectivity index (χ0n) is 11.6. The van der Waals surface area contributed by atoms with E-state index in [0.29, 0.717) is 12.2 Å². The van der Waals surface area contributed by atoms with Crippen molar-refractivity contribution in [1.82, 2.24) is 4.72 Å². The fourth-order valence-electron chi connectivity index (χ4n) is 1.72. The standard InChI is InChI=1S/C12H16ClNO5S2/c1-8-10(12(15)16)6-9(13)7-11(8)21(18,19)14-4-3-5-20(2)17/h6-7,14H,3-5H2,1-2H3,(H,15,16). The summed E-state index contributed by atoms with van der Waals surface area (Å²) in [6, 6.07) is 2.42. The van der Waals surface area contributed by atoms with Crippen LogP contribution in [0.3, 0.4) is 0 Å². The van der Waals surface area contributed by atoms with Crippen LogP contribution in [0, 0.1) is 6.92 Å². The van der Waals surface area contributed by atoms with E-state index in [1.807, 2.05) is 0 Å². The summed E-state index contributed by atoms with van der Waals surface area (Å²) in [5.74, 6) is -0.856. The SMILES string of the molecule is Cc1c(C(=O)O)cc(Cl)cc1S(=O)(=O)NCCCS(C)=O. The van der Waals surface area contributed by atoms with Crippen LogP contribution in [0.15, 0.2) is 17.0 Å². The van der Waals surface area contributed by atoms with Crippen molar-refractivity contribution in [1.29, 1.82) is 0 Å². The van der Waals surface area contributed by atoms with E-state index >= 15 is 0 Å². The van der Waals surface area contributed by atoms with Crippen LogP contribution in [-0.4, -0.2) is 42.3 Å². The Morgan fingerprint density at radius 2 is 2.05 bits per heavy atom. The minimum Gasteiger partial charge on any atom is -0.478 e. The van der Waals surface area contributed by atoms with Crippen molar-refractivity contribution in [3.63, 3.8) is 0 Å². The molecule has 0 amide bonds. The first-order chi connectivity index (χ1) is 9.65. The molecule has 1 aromatic carbocycles. The van der Waals surface area contributed by atoms with Gasteiger partial charge in [0.25, 0.3) is 0 Å². The van der Waals surface area contributed by atoms with Gasteiger partial charge in [-0.1, -0.05) is 11.6 Å². The number of aromatic carboxylic acids is 1. The Morgan fingerprint density at radius 1 is 1.43 bits per heavy atom. The van der Waals surface area contributed by atoms with Crippen molar-refractivity contribution in [2.24, 2.45) is 0 Å². The van der Waals surface area contributed by atoms with Crippen molar-refractivity contribution in [2.45, 2.75) is 18.2 Å². The average molecular weight is 354 g/mol. The lowest BCUT2D eigenvalue weighted by atomic mass is 10.1. The molecule has 1 atom stereocenters. The number of halogens is 1. The van der Waals surface area contributed by atoms with Crippen LogP contribution in [0.2, 0.25) is 5.02 Å². The number of hydrogen-bond donors (Lipinski definition) is 2. The summed E-state index contributed by atoms with van der Waals surface area (Å²) in [4.78, 5) is 10.9. The second-order valence-corrected chi connectivity index (χ2v) is 8.14. The number of hydrogen-bond acceptors (Lipinski definition) is 4. The Bertz CT molecular complexity index is 672. The Hall–Kier alpha value is -0.960. The molecule has 0 saturated carbocycles. The molecular weight excluding hydrogens is 338 g/mol. The molecule has 0 spiro atoms. The zero-order chi connectivity index (χ0) is 16.2. The monoisotopic (exact) mass is 353 g/mol. The Morgan fingerprint density at radius 3 is 2.57 bits per heavy atom. The smallest absolute Gasteiger partial charge is 0.336 e. The van der Waals surface area contributed by atoms with E-state index in [-0.39, 0.29) is 27.6 Å². The Labute approximate surface area is 131 Å². The summed E-state index contributed by atoms with van der Waals surface area (Å²) in [5.41, 5.74) is -0.0315. The van der Waals surface area contributed by atoms with Gasteiger partial charge in [0.1, 0.15) is 0 Å². The zero-order valence-corrected chi connectivity index (χ0v) is 13.9. The quantitative estimate of drug-likeness (QED) is 0.721. The van der Waals surface area contributed by atoms with Crippen LogP contribution in [0.1, 0.15) is 22.3 Å². The predicted molar refractivity (Wildman–Crippen MR) is 81.9 cm³/mol. The Kier molecular flexibility index (Phi) is 6.33. The molecule has 1 unspecified atom stereocenters. The van der Waals surface area contributed by atoms with Gasteiger partial charge in [-0.25, -0.2) is 17.9 Å². The van der Waals surface area contributed by atoms with Gasteiger partial charge in [-0.3, -0.25) is 4.21 Å². The first kappa shape index (κ1) is 18.1. The first-order valence-corrected chi connectivity index (χ1v) is 9.57. The van der Waals surface area contributed by atoms with Crippen LogP contribution < -0.4 is 4.72 Å². The largest absolute Gasteiger partial charge is 0.478 e. The third kappa shape index (κ3) is 5.06. The van der Waals surface area contributed by atoms with Gasteiger partial charge in [0, 0.05) is 34.4 Å². The number of sulfonamides is 1. The fourth-order valence-corrected chi connectivity index (χ4v) is 3.91. The number of nitrogens with one attached hydrogen (secondary N) is 1. The Balaban J connectivity index is 3.03. The molecule has 1 rings (SSSR count). The van der Waals surface area contributed by atoms with E-state index in [9.17, 15) is 17.4 Å². The lowest BCUT2D eigenvalue weighted by molar-refractivity contribution is 0.0696. The molecule has 0 bridgehead atoms. The number of benzene rings is 1. The van der Waals surface area contributed by atoms with Gasteiger partial charge >= 0.3 is 5.97 Å². The maximum absolute atomic E-state index is 12.2. The maximum Gasteiger partial charge on any atom is 0.336 e. The first-order valence-electron chi connectivity index (χ1n) is 5.98. The summed E-state index contributed by atoms with van der Waals surface area (Å²) in [5, 5.41) is 9.08. The highest BCUT2D eigenvalue weighted by atomic mass is 35.5. The van der Waals surface area contributed by atoms with Gasteiger partial charge in [0.15, 0.2) is 0 Å². The second-order valence-electron chi connectivity index (χ2n) is 4.41. The van der Waals surface area contributed by atoms with Gasteiger partial charge in [0.05, 0.1) is 10.5 Å². The molecule has 0 aliphatic rings. The number of carbonyl (C=O) groups is 1. The molecule has 0 aliphatic carbocycles. The van der Waals surface area contributed by atoms with Crippen LogP contribution in [0.4, 0.5) is 0 Å². The number of carboxylic acids is 1.